The number of carboxylic acid groups (broad SMARTS) is 1. The van der Waals surface area contributed by atoms with Crippen LogP contribution in [0, 0.1) is 11.3 Å². The standard InChI is InChI=1S/C11H11N3O3/c1-14(2)8-3-4-9(7(5-8)6-12)13-10(15)11(16)17/h3-5H,1-2H3,(H,13,15)(H,16,17). The number of nitrogens with one attached hydrogen (secondary N) is 1. The Morgan fingerprint density at radius 2 is 2.06 bits per heavy atom. The molecule has 1 amide bonds. The molecule has 88 valence electrons. The van der Waals surface area contributed by atoms with Crippen molar-refractivity contribution >= 4 is 23.3 Å². The van der Waals surface area contributed by atoms with Gasteiger partial charge in [-0.3, -0.25) is 4.79 Å². The predicted molar refractivity (Wildman–Crippen MR) is 61.7 cm³/mol. The molecule has 0 saturated heterocycles. The Balaban J connectivity index is 3.06. The summed E-state index contributed by atoms with van der Waals surface area (Å²) in [4.78, 5) is 23.1. The first-order valence-corrected chi connectivity index (χ1v) is 4.71. The predicted octanol–water partition coefficient (Wildman–Crippen LogP) is 0.647. The number of hydrogen-bond acceptors (Lipinski definition) is 4. The fourth-order valence-electron chi connectivity index (χ4n) is 1.19. The van der Waals surface area contributed by atoms with E-state index in [1.807, 2.05) is 20.2 Å². The quantitative estimate of drug-likeness (QED) is 0.731. The molecule has 1 rings (SSSR count). The van der Waals surface area contributed by atoms with Crippen molar-refractivity contribution < 1.29 is 14.7 Å². The number of nitriles is 1. The van der Waals surface area contributed by atoms with Crippen LogP contribution in [0.25, 0.3) is 0 Å². The molecule has 0 fully saturated rings. The van der Waals surface area contributed by atoms with Crippen LogP contribution in [0.5, 0.6) is 0 Å². The number of anilines is 2. The zero-order valence-corrected chi connectivity index (χ0v) is 9.39. The van der Waals surface area contributed by atoms with Gasteiger partial charge in [-0.15, -0.1) is 0 Å². The molecule has 0 atom stereocenters. The summed E-state index contributed by atoms with van der Waals surface area (Å²) in [6.07, 6.45) is 0. The van der Waals surface area contributed by atoms with E-state index < -0.39 is 11.9 Å². The van der Waals surface area contributed by atoms with Crippen molar-refractivity contribution in [3.8, 4) is 6.07 Å². The van der Waals surface area contributed by atoms with E-state index in [1.165, 1.54) is 6.07 Å². The number of carbonyl (C=O) groups is 2. The van der Waals surface area contributed by atoms with Crippen molar-refractivity contribution in [3.05, 3.63) is 23.8 Å². The van der Waals surface area contributed by atoms with Gasteiger partial charge in [-0.1, -0.05) is 0 Å². The molecular weight excluding hydrogens is 222 g/mol. The average Bonchev–Trinajstić information content (AvgIpc) is 2.28. The third kappa shape index (κ3) is 2.95. The SMILES string of the molecule is CN(C)c1ccc(NC(=O)C(=O)O)c(C#N)c1. The van der Waals surface area contributed by atoms with E-state index in [0.717, 1.165) is 5.69 Å². The molecule has 17 heavy (non-hydrogen) atoms. The van der Waals surface area contributed by atoms with Gasteiger partial charge in [0.25, 0.3) is 0 Å². The number of carbonyl (C=O) groups excluding carboxylic acids is 1. The number of amides is 1. The highest BCUT2D eigenvalue weighted by atomic mass is 16.4. The molecular formula is C11H11N3O3. The van der Waals surface area contributed by atoms with E-state index in [-0.39, 0.29) is 11.3 Å². The number of rotatable bonds is 2. The average molecular weight is 233 g/mol. The molecule has 0 saturated carbocycles. The normalized spacial score (nSPS) is 9.24. The Morgan fingerprint density at radius 3 is 2.53 bits per heavy atom. The lowest BCUT2D eigenvalue weighted by Crippen LogP contribution is -2.22. The molecule has 0 aliphatic heterocycles. The summed E-state index contributed by atoms with van der Waals surface area (Å²) in [5.41, 5.74) is 1.19. The first-order chi connectivity index (χ1) is 7.95. The maximum Gasteiger partial charge on any atom is 0.394 e. The van der Waals surface area contributed by atoms with Crippen molar-refractivity contribution in [3.63, 3.8) is 0 Å². The first kappa shape index (κ1) is 12.5. The fourth-order valence-corrected chi connectivity index (χ4v) is 1.19. The number of nitrogens with zero attached hydrogens (tertiary/aromatic N) is 2. The monoisotopic (exact) mass is 233 g/mol. The summed E-state index contributed by atoms with van der Waals surface area (Å²) < 4.78 is 0. The van der Waals surface area contributed by atoms with Gasteiger partial charge < -0.3 is 15.3 Å². The number of carboxylic acids is 1. The maximum absolute atomic E-state index is 11.0. The Bertz CT molecular complexity index is 503. The van der Waals surface area contributed by atoms with Crippen LogP contribution in [0.2, 0.25) is 0 Å². The van der Waals surface area contributed by atoms with E-state index in [9.17, 15) is 9.59 Å². The van der Waals surface area contributed by atoms with Crippen LogP contribution in [-0.2, 0) is 9.59 Å². The van der Waals surface area contributed by atoms with Crippen LogP contribution in [0.3, 0.4) is 0 Å². The molecule has 2 N–H and O–H groups in total. The highest BCUT2D eigenvalue weighted by Gasteiger charge is 2.13. The van der Waals surface area contributed by atoms with Gasteiger partial charge in [0.2, 0.25) is 0 Å². The zero-order valence-electron chi connectivity index (χ0n) is 9.39. The second-order valence-electron chi connectivity index (χ2n) is 3.50. The second-order valence-corrected chi connectivity index (χ2v) is 3.50. The molecule has 1 aromatic rings. The molecule has 0 aromatic heterocycles. The van der Waals surface area contributed by atoms with E-state index in [1.54, 1.807) is 17.0 Å². The minimum Gasteiger partial charge on any atom is -0.474 e. The van der Waals surface area contributed by atoms with Crippen LogP contribution in [-0.4, -0.2) is 31.1 Å². The Kier molecular flexibility index (Phi) is 3.67. The molecule has 0 spiro atoms. The second kappa shape index (κ2) is 4.99. The van der Waals surface area contributed by atoms with E-state index in [4.69, 9.17) is 10.4 Å². The van der Waals surface area contributed by atoms with Gasteiger partial charge in [-0.05, 0) is 18.2 Å². The molecule has 0 heterocycles. The van der Waals surface area contributed by atoms with Gasteiger partial charge in [-0.2, -0.15) is 5.26 Å². The van der Waals surface area contributed by atoms with Crippen LogP contribution in [0.1, 0.15) is 5.56 Å². The van der Waals surface area contributed by atoms with E-state index in [2.05, 4.69) is 5.32 Å². The molecule has 0 aliphatic carbocycles. The summed E-state index contributed by atoms with van der Waals surface area (Å²) in [5.74, 6) is -2.76. The Morgan fingerprint density at radius 1 is 1.41 bits per heavy atom. The number of hydrogen-bond donors (Lipinski definition) is 2. The lowest BCUT2D eigenvalue weighted by molar-refractivity contribution is -0.147. The highest BCUT2D eigenvalue weighted by Crippen LogP contribution is 2.21. The van der Waals surface area contributed by atoms with Crippen LogP contribution in [0.15, 0.2) is 18.2 Å². The van der Waals surface area contributed by atoms with Crippen molar-refractivity contribution in [2.75, 3.05) is 24.3 Å². The third-order valence-electron chi connectivity index (χ3n) is 2.08. The molecule has 0 aliphatic rings. The Labute approximate surface area is 98.1 Å². The van der Waals surface area contributed by atoms with Crippen molar-refractivity contribution in [1.82, 2.24) is 0 Å². The summed E-state index contributed by atoms with van der Waals surface area (Å²) >= 11 is 0. The smallest absolute Gasteiger partial charge is 0.394 e. The minimum absolute atomic E-state index is 0.186. The highest BCUT2D eigenvalue weighted by molar-refractivity contribution is 6.36. The van der Waals surface area contributed by atoms with Crippen molar-refractivity contribution in [1.29, 1.82) is 5.26 Å². The van der Waals surface area contributed by atoms with Crippen LogP contribution < -0.4 is 10.2 Å². The zero-order chi connectivity index (χ0) is 13.0. The molecule has 6 heteroatoms. The Hall–Kier alpha value is -2.55. The maximum atomic E-state index is 11.0. The summed E-state index contributed by atoms with van der Waals surface area (Å²) in [6.45, 7) is 0. The van der Waals surface area contributed by atoms with Gasteiger partial charge in [0.15, 0.2) is 0 Å². The fraction of sp³-hybridized carbons (Fsp3) is 0.182. The largest absolute Gasteiger partial charge is 0.474 e. The van der Waals surface area contributed by atoms with Crippen molar-refractivity contribution in [2.45, 2.75) is 0 Å². The summed E-state index contributed by atoms with van der Waals surface area (Å²) in [7, 11) is 3.62. The van der Waals surface area contributed by atoms with Gasteiger partial charge in [0.05, 0.1) is 11.3 Å². The van der Waals surface area contributed by atoms with E-state index >= 15 is 0 Å². The number of aliphatic carboxylic acids is 1. The summed E-state index contributed by atoms with van der Waals surface area (Å²) in [6, 6.07) is 6.64. The topological polar surface area (TPSA) is 93.4 Å². The van der Waals surface area contributed by atoms with Gasteiger partial charge in [-0.25, -0.2) is 4.79 Å². The summed E-state index contributed by atoms with van der Waals surface area (Å²) in [5, 5.41) is 19.5. The molecule has 1 aromatic carbocycles. The van der Waals surface area contributed by atoms with Crippen LogP contribution >= 0.6 is 0 Å². The molecule has 0 radical (unpaired) electrons. The van der Waals surface area contributed by atoms with E-state index in [0.29, 0.717) is 0 Å². The van der Waals surface area contributed by atoms with Crippen molar-refractivity contribution in [2.24, 2.45) is 0 Å². The lowest BCUT2D eigenvalue weighted by atomic mass is 10.1. The third-order valence-corrected chi connectivity index (χ3v) is 2.08. The molecule has 0 bridgehead atoms. The van der Waals surface area contributed by atoms with Gasteiger partial charge >= 0.3 is 11.9 Å². The number of benzene rings is 1. The minimum atomic E-state index is -1.59. The molecule has 6 nitrogen and oxygen atoms in total. The first-order valence-electron chi connectivity index (χ1n) is 4.71. The van der Waals surface area contributed by atoms with Gasteiger partial charge in [0, 0.05) is 19.8 Å². The van der Waals surface area contributed by atoms with Gasteiger partial charge in [0.1, 0.15) is 6.07 Å². The molecule has 0 unspecified atom stereocenters. The van der Waals surface area contributed by atoms with Crippen LogP contribution in [0.4, 0.5) is 11.4 Å². The lowest BCUT2D eigenvalue weighted by Gasteiger charge is -2.14.